The van der Waals surface area contributed by atoms with E-state index in [-0.39, 0.29) is 16.7 Å². The van der Waals surface area contributed by atoms with E-state index in [0.29, 0.717) is 25.2 Å². The molecule has 1 fully saturated rings. The van der Waals surface area contributed by atoms with E-state index in [1.54, 1.807) is 18.3 Å². The van der Waals surface area contributed by atoms with Crippen LogP contribution < -0.4 is 5.32 Å². The first-order valence-electron chi connectivity index (χ1n) is 9.78. The van der Waals surface area contributed by atoms with Gasteiger partial charge in [-0.25, -0.2) is 8.42 Å². The van der Waals surface area contributed by atoms with Gasteiger partial charge in [0.2, 0.25) is 10.0 Å². The Labute approximate surface area is 167 Å². The molecule has 1 amide bonds. The Morgan fingerprint density at radius 2 is 1.89 bits per heavy atom. The molecule has 0 unspecified atom stereocenters. The first-order chi connectivity index (χ1) is 13.5. The van der Waals surface area contributed by atoms with E-state index in [1.165, 1.54) is 16.1 Å². The van der Waals surface area contributed by atoms with Crippen LogP contribution in [0.15, 0.2) is 53.7 Å². The number of carbonyl (C=O) groups excluding carboxylic acids is 1. The maximum Gasteiger partial charge on any atom is 0.251 e. The highest BCUT2D eigenvalue weighted by Gasteiger charge is 2.29. The molecule has 6 nitrogen and oxygen atoms in total. The highest BCUT2D eigenvalue weighted by Crippen LogP contribution is 2.23. The van der Waals surface area contributed by atoms with Gasteiger partial charge in [-0.05, 0) is 55.0 Å². The van der Waals surface area contributed by atoms with E-state index in [2.05, 4.69) is 17.2 Å². The summed E-state index contributed by atoms with van der Waals surface area (Å²) in [5, 5.41) is 2.99. The van der Waals surface area contributed by atoms with Gasteiger partial charge in [0.05, 0.1) is 0 Å². The van der Waals surface area contributed by atoms with Crippen molar-refractivity contribution in [1.29, 1.82) is 0 Å². The molecule has 1 aromatic heterocycles. The van der Waals surface area contributed by atoms with Crippen molar-refractivity contribution < 1.29 is 13.2 Å². The number of nitrogens with one attached hydrogen (secondary N) is 1. The van der Waals surface area contributed by atoms with Crippen molar-refractivity contribution in [3.63, 3.8) is 0 Å². The second-order valence-electron chi connectivity index (χ2n) is 7.19. The molecule has 0 atom stereocenters. The molecular formula is C21H27N3O3S. The van der Waals surface area contributed by atoms with Crippen molar-refractivity contribution in [2.75, 3.05) is 19.6 Å². The summed E-state index contributed by atoms with van der Waals surface area (Å²) in [6, 6.07) is 10.9. The van der Waals surface area contributed by atoms with Gasteiger partial charge in [0, 0.05) is 37.6 Å². The molecule has 1 saturated heterocycles. The lowest BCUT2D eigenvalue weighted by molar-refractivity contribution is 0.0941. The molecule has 2 heterocycles. The zero-order chi connectivity index (χ0) is 20.0. The van der Waals surface area contributed by atoms with Crippen molar-refractivity contribution in [3.8, 4) is 0 Å². The normalized spacial score (nSPS) is 16.0. The summed E-state index contributed by atoms with van der Waals surface area (Å²) in [6.07, 6.45) is 6.51. The fraction of sp³-hybridized carbons (Fsp3) is 0.429. The van der Waals surface area contributed by atoms with Gasteiger partial charge in [-0.15, -0.1) is 0 Å². The van der Waals surface area contributed by atoms with E-state index in [1.807, 2.05) is 24.3 Å². The lowest BCUT2D eigenvalue weighted by atomic mass is 9.98. The average Bonchev–Trinajstić information content (AvgIpc) is 2.74. The van der Waals surface area contributed by atoms with Gasteiger partial charge in [-0.1, -0.05) is 25.5 Å². The van der Waals surface area contributed by atoms with Gasteiger partial charge < -0.3 is 5.32 Å². The molecule has 1 aliphatic heterocycles. The predicted octanol–water partition coefficient (Wildman–Crippen LogP) is 2.86. The molecule has 1 aromatic carbocycles. The van der Waals surface area contributed by atoms with Crippen LogP contribution in [-0.2, 0) is 16.4 Å². The molecule has 0 bridgehead atoms. The Morgan fingerprint density at radius 3 is 2.50 bits per heavy atom. The van der Waals surface area contributed by atoms with E-state index in [4.69, 9.17) is 0 Å². The number of pyridine rings is 1. The van der Waals surface area contributed by atoms with Gasteiger partial charge in [0.25, 0.3) is 5.91 Å². The number of nitrogens with zero attached hydrogens (tertiary/aromatic N) is 2. The number of aryl methyl sites for hydroxylation is 1. The smallest absolute Gasteiger partial charge is 0.251 e. The maximum atomic E-state index is 12.6. The number of benzene rings is 1. The summed E-state index contributed by atoms with van der Waals surface area (Å²) in [6.45, 7) is 3.62. The van der Waals surface area contributed by atoms with Gasteiger partial charge in [0.15, 0.2) is 0 Å². The molecular weight excluding hydrogens is 374 g/mol. The number of sulfonamides is 1. The van der Waals surface area contributed by atoms with Crippen LogP contribution >= 0.6 is 0 Å². The first-order valence-corrected chi connectivity index (χ1v) is 11.2. The van der Waals surface area contributed by atoms with Crippen LogP contribution in [0, 0.1) is 5.92 Å². The number of aromatic nitrogens is 1. The summed E-state index contributed by atoms with van der Waals surface area (Å²) in [5.74, 6) is 0.206. The predicted molar refractivity (Wildman–Crippen MR) is 108 cm³/mol. The van der Waals surface area contributed by atoms with Crippen molar-refractivity contribution in [3.05, 3.63) is 59.9 Å². The molecule has 28 heavy (non-hydrogen) atoms. The third-order valence-electron chi connectivity index (χ3n) is 5.15. The number of rotatable bonds is 7. The topological polar surface area (TPSA) is 79.4 Å². The largest absolute Gasteiger partial charge is 0.352 e. The second kappa shape index (κ2) is 9.30. The lowest BCUT2D eigenvalue weighted by Crippen LogP contribution is -2.41. The monoisotopic (exact) mass is 401 g/mol. The number of piperidine rings is 1. The molecule has 0 aliphatic carbocycles. The van der Waals surface area contributed by atoms with Crippen LogP contribution in [0.5, 0.6) is 0 Å². The fourth-order valence-corrected chi connectivity index (χ4v) is 4.89. The van der Waals surface area contributed by atoms with Gasteiger partial charge in [0.1, 0.15) is 4.90 Å². The molecule has 3 rings (SSSR count). The number of hydrogen-bond donors (Lipinski definition) is 1. The third kappa shape index (κ3) is 4.97. The Bertz CT molecular complexity index is 875. The summed E-state index contributed by atoms with van der Waals surface area (Å²) >= 11 is 0. The minimum absolute atomic E-state index is 0.0755. The standard InChI is InChI=1S/C21H27N3O3S/c1-2-4-17-6-8-19(9-7-17)21(25)23-15-18-10-13-24(14-11-18)28(26,27)20-5-3-12-22-16-20/h3,5-9,12,16,18H,2,4,10-11,13-15H2,1H3,(H,23,25). The molecule has 0 spiro atoms. The van der Waals surface area contributed by atoms with Crippen molar-refractivity contribution >= 4 is 15.9 Å². The Hall–Kier alpha value is -2.25. The van der Waals surface area contributed by atoms with Crippen molar-refractivity contribution in [2.24, 2.45) is 5.92 Å². The molecule has 0 saturated carbocycles. The van der Waals surface area contributed by atoms with Crippen LogP contribution in [0.2, 0.25) is 0 Å². The number of carbonyl (C=O) groups is 1. The third-order valence-corrected chi connectivity index (χ3v) is 7.03. The van der Waals surface area contributed by atoms with E-state index >= 15 is 0 Å². The van der Waals surface area contributed by atoms with Gasteiger partial charge in [-0.2, -0.15) is 4.31 Å². The van der Waals surface area contributed by atoms with Crippen LogP contribution in [-0.4, -0.2) is 43.2 Å². The van der Waals surface area contributed by atoms with E-state index in [0.717, 1.165) is 25.7 Å². The molecule has 1 N–H and O–H groups in total. The average molecular weight is 402 g/mol. The molecule has 7 heteroatoms. The fourth-order valence-electron chi connectivity index (χ4n) is 3.45. The zero-order valence-corrected chi connectivity index (χ0v) is 17.0. The Balaban J connectivity index is 1.48. The maximum absolute atomic E-state index is 12.6. The highest BCUT2D eigenvalue weighted by atomic mass is 32.2. The zero-order valence-electron chi connectivity index (χ0n) is 16.2. The van der Waals surface area contributed by atoms with Gasteiger partial charge >= 0.3 is 0 Å². The molecule has 2 aromatic rings. The van der Waals surface area contributed by atoms with Crippen LogP contribution in [0.1, 0.15) is 42.1 Å². The Morgan fingerprint density at radius 1 is 1.18 bits per heavy atom. The van der Waals surface area contributed by atoms with Gasteiger partial charge in [-0.3, -0.25) is 9.78 Å². The number of amides is 1. The summed E-state index contributed by atoms with van der Waals surface area (Å²) in [4.78, 5) is 16.5. The second-order valence-corrected chi connectivity index (χ2v) is 9.13. The molecule has 1 aliphatic rings. The quantitative estimate of drug-likeness (QED) is 0.774. The molecule has 0 radical (unpaired) electrons. The van der Waals surface area contributed by atoms with Crippen LogP contribution in [0.4, 0.5) is 0 Å². The summed E-state index contributed by atoms with van der Waals surface area (Å²) in [5.41, 5.74) is 1.90. The van der Waals surface area contributed by atoms with Crippen molar-refractivity contribution in [2.45, 2.75) is 37.5 Å². The Kier molecular flexibility index (Phi) is 6.80. The minimum Gasteiger partial charge on any atom is -0.352 e. The highest BCUT2D eigenvalue weighted by molar-refractivity contribution is 7.89. The first kappa shape index (κ1) is 20.5. The summed E-state index contributed by atoms with van der Waals surface area (Å²) < 4.78 is 26.8. The number of hydrogen-bond acceptors (Lipinski definition) is 4. The van der Waals surface area contributed by atoms with Crippen LogP contribution in [0.25, 0.3) is 0 Å². The van der Waals surface area contributed by atoms with Crippen LogP contribution in [0.3, 0.4) is 0 Å². The molecule has 150 valence electrons. The summed E-state index contributed by atoms with van der Waals surface area (Å²) in [7, 11) is -3.49. The van der Waals surface area contributed by atoms with E-state index in [9.17, 15) is 13.2 Å². The van der Waals surface area contributed by atoms with E-state index < -0.39 is 10.0 Å². The minimum atomic E-state index is -3.49. The lowest BCUT2D eigenvalue weighted by Gasteiger charge is -2.31. The SMILES string of the molecule is CCCc1ccc(C(=O)NCC2CCN(S(=O)(=O)c3cccnc3)CC2)cc1. The van der Waals surface area contributed by atoms with Crippen molar-refractivity contribution in [1.82, 2.24) is 14.6 Å².